The highest BCUT2D eigenvalue weighted by atomic mass is 32.1. The van der Waals surface area contributed by atoms with Gasteiger partial charge < -0.3 is 5.11 Å². The predicted octanol–water partition coefficient (Wildman–Crippen LogP) is 0.0463. The van der Waals surface area contributed by atoms with Crippen LogP contribution < -0.4 is 0 Å². The molecule has 1 atom stereocenters. The Morgan fingerprint density at radius 1 is 1.67 bits per heavy atom. The Labute approximate surface area is 76.2 Å². The van der Waals surface area contributed by atoms with Crippen molar-refractivity contribution < 1.29 is 5.11 Å². The van der Waals surface area contributed by atoms with E-state index in [1.807, 2.05) is 6.92 Å². The Balaban J connectivity index is 2.76. The minimum absolute atomic E-state index is 0.0439. The first-order chi connectivity index (χ1) is 5.79. The zero-order valence-corrected chi connectivity index (χ0v) is 7.78. The van der Waals surface area contributed by atoms with Crippen LogP contribution in [0.25, 0.3) is 0 Å². The second-order valence-corrected chi connectivity index (χ2v) is 3.03. The number of aliphatic hydroxyl groups is 1. The molecule has 0 aliphatic heterocycles. The van der Waals surface area contributed by atoms with E-state index in [9.17, 15) is 0 Å². The molecule has 0 aliphatic rings. The zero-order chi connectivity index (χ0) is 8.97. The summed E-state index contributed by atoms with van der Waals surface area (Å²) in [5.74, 6) is 0.717. The lowest BCUT2D eigenvalue weighted by Gasteiger charge is -2.06. The van der Waals surface area contributed by atoms with E-state index in [1.54, 1.807) is 4.68 Å². The van der Waals surface area contributed by atoms with E-state index in [0.717, 1.165) is 12.2 Å². The van der Waals surface area contributed by atoms with Gasteiger partial charge in [0.25, 0.3) is 0 Å². The van der Waals surface area contributed by atoms with Gasteiger partial charge >= 0.3 is 0 Å². The lowest BCUT2D eigenvalue weighted by Crippen LogP contribution is -2.09. The van der Waals surface area contributed by atoms with Crippen molar-refractivity contribution in [2.75, 3.05) is 6.61 Å². The highest BCUT2D eigenvalue weighted by Gasteiger charge is 2.12. The normalized spacial score (nSPS) is 13.2. The number of tetrazole rings is 1. The maximum atomic E-state index is 8.68. The van der Waals surface area contributed by atoms with Crippen molar-refractivity contribution in [1.82, 2.24) is 20.2 Å². The van der Waals surface area contributed by atoms with Crippen LogP contribution in [0.15, 0.2) is 0 Å². The molecule has 12 heavy (non-hydrogen) atoms. The summed E-state index contributed by atoms with van der Waals surface area (Å²) in [6, 6.07) is 0. The summed E-state index contributed by atoms with van der Waals surface area (Å²) in [5, 5.41) is 19.8. The van der Waals surface area contributed by atoms with Crippen LogP contribution in [0.4, 0.5) is 0 Å². The first kappa shape index (κ1) is 9.47. The quantitative estimate of drug-likeness (QED) is 0.655. The summed E-state index contributed by atoms with van der Waals surface area (Å²) >= 11 is 4.30. The van der Waals surface area contributed by atoms with Gasteiger partial charge in [-0.2, -0.15) is 12.6 Å². The molecule has 1 unspecified atom stereocenters. The van der Waals surface area contributed by atoms with E-state index in [2.05, 4.69) is 28.2 Å². The van der Waals surface area contributed by atoms with Gasteiger partial charge in [-0.3, -0.25) is 0 Å². The molecule has 1 aromatic rings. The van der Waals surface area contributed by atoms with Crippen molar-refractivity contribution >= 4 is 12.6 Å². The fourth-order valence-electron chi connectivity index (χ4n) is 0.887. The van der Waals surface area contributed by atoms with Crippen molar-refractivity contribution in [2.24, 2.45) is 0 Å². The summed E-state index contributed by atoms with van der Waals surface area (Å²) in [5.41, 5.74) is 0. The predicted molar refractivity (Wildman–Crippen MR) is 46.9 cm³/mol. The first-order valence-electron chi connectivity index (χ1n) is 3.84. The van der Waals surface area contributed by atoms with Crippen molar-refractivity contribution in [3.8, 4) is 0 Å². The van der Waals surface area contributed by atoms with Gasteiger partial charge in [-0.25, -0.2) is 4.68 Å². The van der Waals surface area contributed by atoms with Gasteiger partial charge in [-0.05, 0) is 16.8 Å². The van der Waals surface area contributed by atoms with Gasteiger partial charge in [-0.1, -0.05) is 6.92 Å². The number of aromatic nitrogens is 4. The molecular weight excluding hydrogens is 176 g/mol. The maximum absolute atomic E-state index is 8.68. The van der Waals surface area contributed by atoms with Crippen molar-refractivity contribution in [1.29, 1.82) is 0 Å². The van der Waals surface area contributed by atoms with Gasteiger partial charge in [0, 0.05) is 0 Å². The molecule has 0 amide bonds. The number of rotatable bonds is 4. The third-order valence-corrected chi connectivity index (χ3v) is 2.15. The molecule has 0 saturated heterocycles. The van der Waals surface area contributed by atoms with Crippen LogP contribution in [-0.2, 0) is 6.54 Å². The average Bonchev–Trinajstić information content (AvgIpc) is 2.52. The number of hydrogen-bond donors (Lipinski definition) is 2. The molecular formula is C6H12N4OS. The minimum Gasteiger partial charge on any atom is -0.394 e. The van der Waals surface area contributed by atoms with Gasteiger partial charge in [0.15, 0.2) is 5.82 Å². The molecule has 0 radical (unpaired) electrons. The van der Waals surface area contributed by atoms with E-state index in [1.165, 1.54) is 0 Å². The Morgan fingerprint density at radius 2 is 2.42 bits per heavy atom. The summed E-state index contributed by atoms with van der Waals surface area (Å²) in [6.07, 6.45) is 0.870. The van der Waals surface area contributed by atoms with E-state index >= 15 is 0 Å². The molecule has 68 valence electrons. The smallest absolute Gasteiger partial charge is 0.164 e. The number of aliphatic hydroxyl groups excluding tert-OH is 1. The lowest BCUT2D eigenvalue weighted by molar-refractivity contribution is 0.265. The van der Waals surface area contributed by atoms with Gasteiger partial charge in [0.2, 0.25) is 0 Å². The summed E-state index contributed by atoms with van der Waals surface area (Å²) in [4.78, 5) is 0. The molecule has 6 heteroatoms. The van der Waals surface area contributed by atoms with Gasteiger partial charge in [-0.15, -0.1) is 5.10 Å². The standard InChI is InChI=1S/C6H12N4OS/c1-2-5(12)6-7-8-9-10(6)3-4-11/h5,11-12H,2-4H2,1H3. The number of hydrogen-bond acceptors (Lipinski definition) is 5. The Hall–Kier alpha value is -0.620. The van der Waals surface area contributed by atoms with Crippen molar-refractivity contribution in [3.05, 3.63) is 5.82 Å². The molecule has 0 bridgehead atoms. The fraction of sp³-hybridized carbons (Fsp3) is 0.833. The summed E-state index contributed by atoms with van der Waals surface area (Å²) in [6.45, 7) is 2.48. The Morgan fingerprint density at radius 3 is 3.00 bits per heavy atom. The highest BCUT2D eigenvalue weighted by molar-refractivity contribution is 7.80. The van der Waals surface area contributed by atoms with Crippen LogP contribution in [0.3, 0.4) is 0 Å². The molecule has 0 aliphatic carbocycles. The van der Waals surface area contributed by atoms with Crippen LogP contribution >= 0.6 is 12.6 Å². The van der Waals surface area contributed by atoms with Crippen LogP contribution in [0.2, 0.25) is 0 Å². The van der Waals surface area contributed by atoms with E-state index < -0.39 is 0 Å². The van der Waals surface area contributed by atoms with Crippen molar-refractivity contribution in [3.63, 3.8) is 0 Å². The molecule has 5 nitrogen and oxygen atoms in total. The molecule has 1 rings (SSSR count). The molecule has 0 saturated carbocycles. The van der Waals surface area contributed by atoms with Crippen LogP contribution in [0, 0.1) is 0 Å². The monoisotopic (exact) mass is 188 g/mol. The van der Waals surface area contributed by atoms with Crippen molar-refractivity contribution in [2.45, 2.75) is 25.1 Å². The highest BCUT2D eigenvalue weighted by Crippen LogP contribution is 2.19. The third-order valence-electron chi connectivity index (χ3n) is 1.56. The molecule has 1 N–H and O–H groups in total. The first-order valence-corrected chi connectivity index (χ1v) is 4.36. The second kappa shape index (κ2) is 4.42. The molecule has 0 spiro atoms. The molecule has 1 aromatic heterocycles. The Bertz CT molecular complexity index is 239. The van der Waals surface area contributed by atoms with Gasteiger partial charge in [0.05, 0.1) is 18.4 Å². The third kappa shape index (κ3) is 1.95. The zero-order valence-electron chi connectivity index (χ0n) is 6.88. The minimum atomic E-state index is 0.0439. The summed E-state index contributed by atoms with van der Waals surface area (Å²) < 4.78 is 1.57. The second-order valence-electron chi connectivity index (χ2n) is 2.41. The fourth-order valence-corrected chi connectivity index (χ4v) is 1.07. The van der Waals surface area contributed by atoms with Gasteiger partial charge in [0.1, 0.15) is 0 Å². The number of nitrogens with zero attached hydrogens (tertiary/aromatic N) is 4. The van der Waals surface area contributed by atoms with E-state index in [4.69, 9.17) is 5.11 Å². The lowest BCUT2D eigenvalue weighted by atomic mass is 10.3. The maximum Gasteiger partial charge on any atom is 0.164 e. The summed E-state index contributed by atoms with van der Waals surface area (Å²) in [7, 11) is 0. The molecule has 1 heterocycles. The average molecular weight is 188 g/mol. The Kier molecular flexibility index (Phi) is 3.48. The van der Waals surface area contributed by atoms with Crippen LogP contribution in [0.5, 0.6) is 0 Å². The van der Waals surface area contributed by atoms with E-state index in [-0.39, 0.29) is 11.9 Å². The van der Waals surface area contributed by atoms with E-state index in [0.29, 0.717) is 6.54 Å². The largest absolute Gasteiger partial charge is 0.394 e. The van der Waals surface area contributed by atoms with Crippen LogP contribution in [-0.4, -0.2) is 31.9 Å². The van der Waals surface area contributed by atoms with Crippen LogP contribution in [0.1, 0.15) is 24.4 Å². The number of thiol groups is 1. The molecule has 0 aromatic carbocycles. The SMILES string of the molecule is CCC(S)c1nnnn1CCO. The molecule has 0 fully saturated rings. The topological polar surface area (TPSA) is 63.8 Å².